The molecule has 1 N–H and O–H groups in total. The van der Waals surface area contributed by atoms with E-state index in [1.165, 1.54) is 4.90 Å². The highest BCUT2D eigenvalue weighted by molar-refractivity contribution is 9.10. The van der Waals surface area contributed by atoms with Gasteiger partial charge in [0.15, 0.2) is 0 Å². The topological polar surface area (TPSA) is 86.8 Å². The minimum absolute atomic E-state index is 0.0831. The maximum absolute atomic E-state index is 14.1. The van der Waals surface area contributed by atoms with Gasteiger partial charge in [-0.2, -0.15) is 0 Å². The van der Waals surface area contributed by atoms with Crippen LogP contribution in [0.15, 0.2) is 83.3 Å². The van der Waals surface area contributed by atoms with Crippen molar-refractivity contribution in [1.29, 1.82) is 0 Å². The number of amides is 2. The fourth-order valence-electron chi connectivity index (χ4n) is 4.18. The molecule has 0 aliphatic heterocycles. The van der Waals surface area contributed by atoms with Crippen LogP contribution in [-0.4, -0.2) is 50.0 Å². The number of sulfonamides is 1. The van der Waals surface area contributed by atoms with E-state index in [-0.39, 0.29) is 24.9 Å². The predicted octanol–water partition coefficient (Wildman–Crippen LogP) is 5.08. The van der Waals surface area contributed by atoms with Crippen LogP contribution < -0.4 is 9.62 Å². The van der Waals surface area contributed by atoms with Gasteiger partial charge in [-0.1, -0.05) is 77.5 Å². The van der Waals surface area contributed by atoms with Gasteiger partial charge in [-0.25, -0.2) is 8.42 Å². The molecule has 0 heterocycles. The molecule has 7 nitrogen and oxygen atoms in total. The Kier molecular flexibility index (Phi) is 10.7. The summed E-state index contributed by atoms with van der Waals surface area (Å²) in [5.74, 6) is -0.745. The summed E-state index contributed by atoms with van der Waals surface area (Å²) in [7, 11) is -3.79. The number of aryl methyl sites for hydroxylation is 1. The minimum atomic E-state index is -3.79. The van der Waals surface area contributed by atoms with Crippen molar-refractivity contribution in [2.45, 2.75) is 52.2 Å². The summed E-state index contributed by atoms with van der Waals surface area (Å²) in [6, 6.07) is 23.1. The number of rotatable bonds is 12. The van der Waals surface area contributed by atoms with Gasteiger partial charge in [-0.3, -0.25) is 13.9 Å². The van der Waals surface area contributed by atoms with Crippen molar-refractivity contribution >= 4 is 43.5 Å². The van der Waals surface area contributed by atoms with Crippen LogP contribution >= 0.6 is 15.9 Å². The maximum atomic E-state index is 14.1. The Morgan fingerprint density at radius 3 is 2.21 bits per heavy atom. The molecule has 0 aliphatic carbocycles. The number of nitrogens with one attached hydrogen (secondary N) is 1. The summed E-state index contributed by atoms with van der Waals surface area (Å²) in [4.78, 5) is 29.2. The molecular formula is C30H36BrN3O4S. The number of benzene rings is 3. The lowest BCUT2D eigenvalue weighted by Crippen LogP contribution is -2.54. The van der Waals surface area contributed by atoms with Crippen LogP contribution in [0, 0.1) is 6.92 Å². The highest BCUT2D eigenvalue weighted by atomic mass is 79.9. The van der Waals surface area contributed by atoms with Crippen LogP contribution in [0.3, 0.4) is 0 Å². The molecule has 0 radical (unpaired) electrons. The SMILES string of the molecule is CC[C@H](C)NC(=O)[C@@H](Cc1ccccc1)N(Cc1ccc(Br)cc1)C(=O)CN(c1cccc(C)c1)S(C)(=O)=O. The lowest BCUT2D eigenvalue weighted by molar-refractivity contribution is -0.140. The summed E-state index contributed by atoms with van der Waals surface area (Å²) in [6.07, 6.45) is 2.10. The average Bonchev–Trinajstić information content (AvgIpc) is 2.90. The number of hydrogen-bond acceptors (Lipinski definition) is 4. The van der Waals surface area contributed by atoms with Crippen LogP contribution in [0.25, 0.3) is 0 Å². The minimum Gasteiger partial charge on any atom is -0.352 e. The molecule has 0 spiro atoms. The third kappa shape index (κ3) is 8.93. The number of anilines is 1. The fraction of sp³-hybridized carbons (Fsp3) is 0.333. The summed E-state index contributed by atoms with van der Waals surface area (Å²) >= 11 is 3.44. The molecule has 3 rings (SSSR count). The van der Waals surface area contributed by atoms with Gasteiger partial charge < -0.3 is 10.2 Å². The van der Waals surface area contributed by atoms with Crippen molar-refractivity contribution in [3.05, 3.63) is 100 Å². The second kappa shape index (κ2) is 13.8. The highest BCUT2D eigenvalue weighted by Gasteiger charge is 2.33. The molecule has 0 fully saturated rings. The first kappa shape index (κ1) is 30.4. The Hall–Kier alpha value is -3.17. The lowest BCUT2D eigenvalue weighted by atomic mass is 10.0. The van der Waals surface area contributed by atoms with E-state index >= 15 is 0 Å². The second-order valence-corrected chi connectivity index (χ2v) is 12.6. The molecule has 0 saturated carbocycles. The first-order chi connectivity index (χ1) is 18.5. The van der Waals surface area contributed by atoms with Gasteiger partial charge in [0.05, 0.1) is 11.9 Å². The Bertz CT molecular complexity index is 1360. The van der Waals surface area contributed by atoms with Gasteiger partial charge in [0.25, 0.3) is 0 Å². The van der Waals surface area contributed by atoms with Crippen molar-refractivity contribution in [3.8, 4) is 0 Å². The fourth-order valence-corrected chi connectivity index (χ4v) is 5.28. The number of halogens is 1. The van der Waals surface area contributed by atoms with E-state index in [2.05, 4.69) is 21.2 Å². The van der Waals surface area contributed by atoms with E-state index in [4.69, 9.17) is 0 Å². The standard InChI is InChI=1S/C30H36BrN3O4S/c1-5-23(3)32-30(36)28(19-24-11-7-6-8-12-24)33(20-25-14-16-26(31)17-15-25)29(35)21-34(39(4,37)38)27-13-9-10-22(2)18-27/h6-18,23,28H,5,19-21H2,1-4H3,(H,32,36)/t23-,28+/m0/s1. The van der Waals surface area contributed by atoms with Crippen molar-refractivity contribution in [2.75, 3.05) is 17.1 Å². The summed E-state index contributed by atoms with van der Waals surface area (Å²) in [5, 5.41) is 3.03. The van der Waals surface area contributed by atoms with Crippen LogP contribution in [0.1, 0.15) is 37.0 Å². The van der Waals surface area contributed by atoms with E-state index < -0.39 is 28.5 Å². The molecule has 0 aromatic heterocycles. The quantitative estimate of drug-likeness (QED) is 0.309. The first-order valence-electron chi connectivity index (χ1n) is 12.9. The monoisotopic (exact) mass is 613 g/mol. The zero-order valence-corrected chi connectivity index (χ0v) is 25.2. The average molecular weight is 615 g/mol. The van der Waals surface area contributed by atoms with Gasteiger partial charge in [0, 0.05) is 23.5 Å². The molecule has 3 aromatic carbocycles. The molecule has 0 aliphatic rings. The van der Waals surface area contributed by atoms with Gasteiger partial charge in [0.1, 0.15) is 12.6 Å². The van der Waals surface area contributed by atoms with Gasteiger partial charge >= 0.3 is 0 Å². The number of hydrogen-bond donors (Lipinski definition) is 1. The summed E-state index contributed by atoms with van der Waals surface area (Å²) < 4.78 is 27.7. The van der Waals surface area contributed by atoms with Crippen LogP contribution in [0.5, 0.6) is 0 Å². The molecule has 0 unspecified atom stereocenters. The van der Waals surface area contributed by atoms with E-state index in [1.807, 2.05) is 81.4 Å². The summed E-state index contributed by atoms with van der Waals surface area (Å²) in [6.45, 7) is 5.47. The Morgan fingerprint density at radius 1 is 0.949 bits per heavy atom. The zero-order valence-electron chi connectivity index (χ0n) is 22.8. The lowest BCUT2D eigenvalue weighted by Gasteiger charge is -2.34. The Labute approximate surface area is 240 Å². The predicted molar refractivity (Wildman–Crippen MR) is 160 cm³/mol. The molecule has 208 valence electrons. The molecule has 0 saturated heterocycles. The van der Waals surface area contributed by atoms with E-state index in [9.17, 15) is 18.0 Å². The van der Waals surface area contributed by atoms with Crippen molar-refractivity contribution in [2.24, 2.45) is 0 Å². The molecule has 9 heteroatoms. The van der Waals surface area contributed by atoms with Crippen LogP contribution in [0.4, 0.5) is 5.69 Å². The molecule has 39 heavy (non-hydrogen) atoms. The van der Waals surface area contributed by atoms with E-state index in [0.29, 0.717) is 5.69 Å². The largest absolute Gasteiger partial charge is 0.352 e. The van der Waals surface area contributed by atoms with Crippen molar-refractivity contribution in [3.63, 3.8) is 0 Å². The first-order valence-corrected chi connectivity index (χ1v) is 15.5. The Balaban J connectivity index is 2.05. The van der Waals surface area contributed by atoms with Crippen molar-refractivity contribution < 1.29 is 18.0 Å². The third-order valence-electron chi connectivity index (χ3n) is 6.51. The van der Waals surface area contributed by atoms with Crippen LogP contribution in [-0.2, 0) is 32.6 Å². The molecule has 0 bridgehead atoms. The second-order valence-electron chi connectivity index (χ2n) is 9.78. The third-order valence-corrected chi connectivity index (χ3v) is 8.18. The number of carbonyl (C=O) groups excluding carboxylic acids is 2. The number of carbonyl (C=O) groups is 2. The smallest absolute Gasteiger partial charge is 0.244 e. The van der Waals surface area contributed by atoms with E-state index in [0.717, 1.165) is 38.1 Å². The molecule has 3 aromatic rings. The molecule has 2 atom stereocenters. The van der Waals surface area contributed by atoms with Gasteiger partial charge in [-0.05, 0) is 61.2 Å². The van der Waals surface area contributed by atoms with Gasteiger partial charge in [0.2, 0.25) is 21.8 Å². The van der Waals surface area contributed by atoms with Gasteiger partial charge in [-0.15, -0.1) is 0 Å². The maximum Gasteiger partial charge on any atom is 0.244 e. The van der Waals surface area contributed by atoms with E-state index in [1.54, 1.807) is 18.2 Å². The Morgan fingerprint density at radius 2 is 1.62 bits per heavy atom. The van der Waals surface area contributed by atoms with Crippen molar-refractivity contribution in [1.82, 2.24) is 10.2 Å². The molecule has 2 amide bonds. The number of nitrogens with zero attached hydrogens (tertiary/aromatic N) is 2. The molecular weight excluding hydrogens is 578 g/mol. The zero-order chi connectivity index (χ0) is 28.6. The highest BCUT2D eigenvalue weighted by Crippen LogP contribution is 2.22. The summed E-state index contributed by atoms with van der Waals surface area (Å²) in [5.41, 5.74) is 2.99. The normalized spacial score (nSPS) is 12.8. The van der Waals surface area contributed by atoms with Crippen LogP contribution in [0.2, 0.25) is 0 Å².